The van der Waals surface area contributed by atoms with Gasteiger partial charge in [-0.1, -0.05) is 41.7 Å². The molecule has 1 saturated heterocycles. The molecule has 2 heterocycles. The molecule has 7 nitrogen and oxygen atoms in total. The molecule has 1 aliphatic rings. The highest BCUT2D eigenvalue weighted by atomic mass is 32.1. The number of piperidine rings is 1. The number of aromatic nitrogens is 2. The Labute approximate surface area is 179 Å². The van der Waals surface area contributed by atoms with Gasteiger partial charge in [0.05, 0.1) is 7.11 Å². The molecule has 3 aromatic rings. The zero-order chi connectivity index (χ0) is 20.8. The van der Waals surface area contributed by atoms with Crippen molar-refractivity contribution in [3.63, 3.8) is 0 Å². The SMILES string of the molecule is COc1ccc(Cc2nnc(NC(=O)N3CCC(Oc4ccccc4)CC3)s2)cc1. The third kappa shape index (κ3) is 5.27. The number of hydrogen-bond donors (Lipinski definition) is 1. The van der Waals surface area contributed by atoms with Crippen molar-refractivity contribution in [3.8, 4) is 11.5 Å². The Balaban J connectivity index is 1.25. The fourth-order valence-electron chi connectivity index (χ4n) is 3.33. The molecule has 0 radical (unpaired) electrons. The van der Waals surface area contributed by atoms with Gasteiger partial charge in [-0.2, -0.15) is 0 Å². The number of amides is 2. The highest BCUT2D eigenvalue weighted by Crippen LogP contribution is 2.22. The van der Waals surface area contributed by atoms with E-state index in [4.69, 9.17) is 9.47 Å². The van der Waals surface area contributed by atoms with Crippen LogP contribution >= 0.6 is 11.3 Å². The largest absolute Gasteiger partial charge is 0.497 e. The van der Waals surface area contributed by atoms with Gasteiger partial charge in [0.1, 0.15) is 22.6 Å². The number of carbonyl (C=O) groups excluding carboxylic acids is 1. The number of likely N-dealkylation sites (tertiary alicyclic amines) is 1. The Morgan fingerprint density at radius 3 is 2.50 bits per heavy atom. The number of ether oxygens (including phenoxy) is 2. The minimum Gasteiger partial charge on any atom is -0.497 e. The van der Waals surface area contributed by atoms with E-state index < -0.39 is 0 Å². The first kappa shape index (κ1) is 20.2. The van der Waals surface area contributed by atoms with E-state index in [0.29, 0.717) is 24.6 Å². The van der Waals surface area contributed by atoms with Gasteiger partial charge in [0.25, 0.3) is 0 Å². The molecule has 2 aromatic carbocycles. The summed E-state index contributed by atoms with van der Waals surface area (Å²) in [7, 11) is 1.65. The van der Waals surface area contributed by atoms with Crippen LogP contribution in [0.1, 0.15) is 23.4 Å². The summed E-state index contributed by atoms with van der Waals surface area (Å²) in [5.74, 6) is 1.69. The summed E-state index contributed by atoms with van der Waals surface area (Å²) >= 11 is 1.40. The molecule has 0 aliphatic carbocycles. The highest BCUT2D eigenvalue weighted by molar-refractivity contribution is 7.15. The van der Waals surface area contributed by atoms with Crippen molar-refractivity contribution < 1.29 is 14.3 Å². The van der Waals surface area contributed by atoms with Crippen molar-refractivity contribution in [2.24, 2.45) is 0 Å². The van der Waals surface area contributed by atoms with Crippen LogP contribution in [0.2, 0.25) is 0 Å². The van der Waals surface area contributed by atoms with Gasteiger partial charge < -0.3 is 14.4 Å². The first-order chi connectivity index (χ1) is 14.7. The van der Waals surface area contributed by atoms with Crippen LogP contribution in [0.15, 0.2) is 54.6 Å². The molecule has 8 heteroatoms. The second-order valence-electron chi connectivity index (χ2n) is 7.07. The number of carbonyl (C=O) groups is 1. The van der Waals surface area contributed by atoms with E-state index in [2.05, 4.69) is 15.5 Å². The zero-order valence-electron chi connectivity index (χ0n) is 16.8. The lowest BCUT2D eigenvalue weighted by atomic mass is 10.1. The molecule has 0 saturated carbocycles. The van der Waals surface area contributed by atoms with Crippen LogP contribution in [-0.4, -0.2) is 47.4 Å². The highest BCUT2D eigenvalue weighted by Gasteiger charge is 2.24. The minimum absolute atomic E-state index is 0.133. The topological polar surface area (TPSA) is 76.6 Å². The van der Waals surface area contributed by atoms with Gasteiger partial charge in [0.15, 0.2) is 0 Å². The van der Waals surface area contributed by atoms with Crippen molar-refractivity contribution in [2.45, 2.75) is 25.4 Å². The number of hydrogen-bond acceptors (Lipinski definition) is 6. The summed E-state index contributed by atoms with van der Waals surface area (Å²) < 4.78 is 11.2. The summed E-state index contributed by atoms with van der Waals surface area (Å²) in [6.45, 7) is 1.31. The molecular formula is C22H24N4O3S. The molecule has 2 amide bonds. The Hall–Kier alpha value is -3.13. The maximum absolute atomic E-state index is 12.6. The number of urea groups is 1. The molecule has 1 aromatic heterocycles. The first-order valence-corrected chi connectivity index (χ1v) is 10.7. The molecular weight excluding hydrogens is 400 g/mol. The Morgan fingerprint density at radius 1 is 1.07 bits per heavy atom. The van der Waals surface area contributed by atoms with Crippen LogP contribution in [0.5, 0.6) is 11.5 Å². The molecule has 156 valence electrons. The van der Waals surface area contributed by atoms with E-state index in [0.717, 1.165) is 34.9 Å². The van der Waals surface area contributed by atoms with Gasteiger partial charge in [-0.3, -0.25) is 5.32 Å². The number of methoxy groups -OCH3 is 1. The van der Waals surface area contributed by atoms with Gasteiger partial charge in [-0.15, -0.1) is 10.2 Å². The van der Waals surface area contributed by atoms with Crippen molar-refractivity contribution >= 4 is 22.5 Å². The van der Waals surface area contributed by atoms with Crippen LogP contribution in [-0.2, 0) is 6.42 Å². The van der Waals surface area contributed by atoms with Crippen LogP contribution in [0, 0.1) is 0 Å². The molecule has 30 heavy (non-hydrogen) atoms. The smallest absolute Gasteiger partial charge is 0.323 e. The first-order valence-electron chi connectivity index (χ1n) is 9.92. The lowest BCUT2D eigenvalue weighted by Gasteiger charge is -2.31. The molecule has 1 fully saturated rings. The molecule has 0 unspecified atom stereocenters. The molecule has 1 N–H and O–H groups in total. The standard InChI is InChI=1S/C22H24N4O3S/c1-28-17-9-7-16(8-10-17)15-20-24-25-21(30-20)23-22(27)26-13-11-19(12-14-26)29-18-5-3-2-4-6-18/h2-10,19H,11-15H2,1H3,(H,23,25,27). The lowest BCUT2D eigenvalue weighted by molar-refractivity contribution is 0.115. The summed E-state index contributed by atoms with van der Waals surface area (Å²) in [5, 5.41) is 12.6. The molecule has 4 rings (SSSR count). The normalized spacial score (nSPS) is 14.4. The predicted molar refractivity (Wildman–Crippen MR) is 116 cm³/mol. The lowest BCUT2D eigenvalue weighted by Crippen LogP contribution is -2.43. The molecule has 0 atom stereocenters. The fourth-order valence-corrected chi connectivity index (χ4v) is 4.10. The third-order valence-corrected chi connectivity index (χ3v) is 5.81. The van der Waals surface area contributed by atoms with Gasteiger partial charge in [-0.25, -0.2) is 4.79 Å². The van der Waals surface area contributed by atoms with E-state index in [-0.39, 0.29) is 12.1 Å². The van der Waals surface area contributed by atoms with Crippen LogP contribution in [0.25, 0.3) is 0 Å². The van der Waals surface area contributed by atoms with E-state index in [9.17, 15) is 4.79 Å². The average Bonchev–Trinajstić information content (AvgIpc) is 3.22. The van der Waals surface area contributed by atoms with Crippen molar-refractivity contribution in [3.05, 3.63) is 65.2 Å². The Morgan fingerprint density at radius 2 is 1.80 bits per heavy atom. The van der Waals surface area contributed by atoms with Crippen LogP contribution in [0.4, 0.5) is 9.93 Å². The average molecular weight is 425 g/mol. The van der Waals surface area contributed by atoms with E-state index in [1.54, 1.807) is 12.0 Å². The quantitative estimate of drug-likeness (QED) is 0.641. The number of nitrogens with one attached hydrogen (secondary N) is 1. The second kappa shape index (κ2) is 9.58. The maximum Gasteiger partial charge on any atom is 0.323 e. The van der Waals surface area contributed by atoms with Crippen molar-refractivity contribution in [1.82, 2.24) is 15.1 Å². The Bertz CT molecular complexity index is 954. The van der Waals surface area contributed by atoms with E-state index in [1.165, 1.54) is 11.3 Å². The molecule has 1 aliphatic heterocycles. The van der Waals surface area contributed by atoms with E-state index in [1.807, 2.05) is 54.6 Å². The Kier molecular flexibility index (Phi) is 6.44. The second-order valence-corrected chi connectivity index (χ2v) is 8.14. The van der Waals surface area contributed by atoms with E-state index >= 15 is 0 Å². The predicted octanol–water partition coefficient (Wildman–Crippen LogP) is 4.21. The summed E-state index contributed by atoms with van der Waals surface area (Å²) in [6, 6.07) is 17.5. The third-order valence-electron chi connectivity index (χ3n) is 4.97. The van der Waals surface area contributed by atoms with Crippen molar-refractivity contribution in [1.29, 1.82) is 0 Å². The fraction of sp³-hybridized carbons (Fsp3) is 0.318. The van der Waals surface area contributed by atoms with Gasteiger partial charge >= 0.3 is 6.03 Å². The summed E-state index contributed by atoms with van der Waals surface area (Å²) in [5.41, 5.74) is 1.12. The van der Waals surface area contributed by atoms with Gasteiger partial charge in [0, 0.05) is 32.4 Å². The number of rotatable bonds is 6. The number of nitrogens with zero attached hydrogens (tertiary/aromatic N) is 3. The molecule has 0 bridgehead atoms. The van der Waals surface area contributed by atoms with Gasteiger partial charge in [-0.05, 0) is 29.8 Å². The number of benzene rings is 2. The minimum atomic E-state index is -0.139. The number of anilines is 1. The van der Waals surface area contributed by atoms with Crippen LogP contribution in [0.3, 0.4) is 0 Å². The van der Waals surface area contributed by atoms with Gasteiger partial charge in [0.2, 0.25) is 5.13 Å². The van der Waals surface area contributed by atoms with Crippen molar-refractivity contribution in [2.75, 3.05) is 25.5 Å². The summed E-state index contributed by atoms with van der Waals surface area (Å²) in [6.07, 6.45) is 2.41. The summed E-state index contributed by atoms with van der Waals surface area (Å²) in [4.78, 5) is 14.4. The van der Waals surface area contributed by atoms with Crippen LogP contribution < -0.4 is 14.8 Å². The molecule has 0 spiro atoms. The maximum atomic E-state index is 12.6. The monoisotopic (exact) mass is 424 g/mol. The zero-order valence-corrected chi connectivity index (χ0v) is 17.6. The number of para-hydroxylation sites is 1.